The number of hydrogen-bond donors (Lipinski definition) is 1. The fraction of sp³-hybridized carbons (Fsp3) is 0.333. The van der Waals surface area contributed by atoms with E-state index in [0.29, 0.717) is 17.7 Å². The quantitative estimate of drug-likeness (QED) is 0.943. The molecule has 0 aliphatic carbocycles. The van der Waals surface area contributed by atoms with Gasteiger partial charge in [-0.3, -0.25) is 9.59 Å². The zero-order valence-electron chi connectivity index (χ0n) is 13.1. The summed E-state index contributed by atoms with van der Waals surface area (Å²) in [5.41, 5.74) is 6.19. The van der Waals surface area contributed by atoms with E-state index >= 15 is 0 Å². The molecule has 0 bridgehead atoms. The number of carbonyl (C=O) groups is 2. The average Bonchev–Trinajstić information content (AvgIpc) is 3.22. The normalized spacial score (nSPS) is 17.4. The lowest BCUT2D eigenvalue weighted by atomic mass is 10.1. The topological polar surface area (TPSA) is 76.5 Å². The number of hydrogen-bond acceptors (Lipinski definition) is 3. The average molecular weight is 312 g/mol. The second kappa shape index (κ2) is 6.28. The van der Waals surface area contributed by atoms with Crippen molar-refractivity contribution in [2.75, 3.05) is 6.54 Å². The first-order valence-corrected chi connectivity index (χ1v) is 7.89. The molecular formula is C18H20N2O3. The third-order valence-corrected chi connectivity index (χ3v) is 4.29. The molecule has 1 fully saturated rings. The van der Waals surface area contributed by atoms with Gasteiger partial charge < -0.3 is 15.1 Å². The van der Waals surface area contributed by atoms with E-state index in [2.05, 4.69) is 0 Å². The predicted molar refractivity (Wildman–Crippen MR) is 86.1 cm³/mol. The lowest BCUT2D eigenvalue weighted by Crippen LogP contribution is -2.30. The standard InChI is InChI=1S/C18H20N2O3/c1-2-14-9-10-16(23-14)15-4-3-11-20(15)18(22)13-7-5-12(6-8-13)17(19)21/h5-10,15H,2-4,11H2,1H3,(H2,19,21)/t15-/m0/s1. The number of carbonyl (C=O) groups excluding carboxylic acids is 2. The Bertz CT molecular complexity index is 718. The minimum Gasteiger partial charge on any atom is -0.464 e. The molecule has 120 valence electrons. The van der Waals surface area contributed by atoms with Crippen molar-refractivity contribution in [3.05, 3.63) is 59.0 Å². The van der Waals surface area contributed by atoms with Crippen molar-refractivity contribution in [2.45, 2.75) is 32.2 Å². The Morgan fingerprint density at radius 3 is 2.48 bits per heavy atom. The number of amides is 2. The van der Waals surface area contributed by atoms with Crippen LogP contribution in [-0.2, 0) is 6.42 Å². The maximum atomic E-state index is 12.8. The van der Waals surface area contributed by atoms with Gasteiger partial charge in [-0.1, -0.05) is 6.92 Å². The maximum Gasteiger partial charge on any atom is 0.254 e. The van der Waals surface area contributed by atoms with Crippen LogP contribution in [0.5, 0.6) is 0 Å². The molecule has 23 heavy (non-hydrogen) atoms. The highest BCUT2D eigenvalue weighted by Gasteiger charge is 2.32. The molecule has 3 rings (SSSR count). The molecule has 1 aromatic carbocycles. The van der Waals surface area contributed by atoms with E-state index in [-0.39, 0.29) is 11.9 Å². The molecule has 2 heterocycles. The van der Waals surface area contributed by atoms with Gasteiger partial charge in [0.05, 0.1) is 6.04 Å². The Labute approximate surface area is 135 Å². The Balaban J connectivity index is 1.81. The number of nitrogens with two attached hydrogens (primary N) is 1. The van der Waals surface area contributed by atoms with Crippen LogP contribution in [0.2, 0.25) is 0 Å². The Morgan fingerprint density at radius 2 is 1.87 bits per heavy atom. The van der Waals surface area contributed by atoms with Crippen molar-refractivity contribution in [3.63, 3.8) is 0 Å². The van der Waals surface area contributed by atoms with Gasteiger partial charge in [0.2, 0.25) is 5.91 Å². The van der Waals surface area contributed by atoms with Crippen molar-refractivity contribution < 1.29 is 14.0 Å². The van der Waals surface area contributed by atoms with Crippen molar-refractivity contribution in [3.8, 4) is 0 Å². The second-order valence-corrected chi connectivity index (χ2v) is 5.76. The molecule has 1 saturated heterocycles. The maximum absolute atomic E-state index is 12.8. The summed E-state index contributed by atoms with van der Waals surface area (Å²) in [5.74, 6) is 1.25. The predicted octanol–water partition coefficient (Wildman–Crippen LogP) is 2.92. The fourth-order valence-corrected chi connectivity index (χ4v) is 3.01. The molecule has 2 amide bonds. The second-order valence-electron chi connectivity index (χ2n) is 5.76. The minimum absolute atomic E-state index is 0.0152. The van der Waals surface area contributed by atoms with Crippen LogP contribution in [0.3, 0.4) is 0 Å². The van der Waals surface area contributed by atoms with Crippen LogP contribution in [0.15, 0.2) is 40.8 Å². The lowest BCUT2D eigenvalue weighted by molar-refractivity contribution is 0.0718. The van der Waals surface area contributed by atoms with Crippen LogP contribution < -0.4 is 5.73 Å². The summed E-state index contributed by atoms with van der Waals surface area (Å²) in [4.78, 5) is 25.7. The molecule has 0 radical (unpaired) electrons. The molecule has 2 N–H and O–H groups in total. The molecule has 1 aromatic heterocycles. The molecular weight excluding hydrogens is 292 g/mol. The summed E-state index contributed by atoms with van der Waals surface area (Å²) in [7, 11) is 0. The summed E-state index contributed by atoms with van der Waals surface area (Å²) in [6.07, 6.45) is 2.70. The first-order valence-electron chi connectivity index (χ1n) is 7.89. The van der Waals surface area contributed by atoms with Crippen LogP contribution in [0.4, 0.5) is 0 Å². The van der Waals surface area contributed by atoms with E-state index in [1.165, 1.54) is 0 Å². The zero-order chi connectivity index (χ0) is 16.4. The van der Waals surface area contributed by atoms with Crippen LogP contribution in [0, 0.1) is 0 Å². The first kappa shape index (κ1) is 15.3. The van der Waals surface area contributed by atoms with Crippen LogP contribution >= 0.6 is 0 Å². The Kier molecular flexibility index (Phi) is 4.19. The summed E-state index contributed by atoms with van der Waals surface area (Å²) >= 11 is 0. The van der Waals surface area contributed by atoms with Gasteiger partial charge in [0.15, 0.2) is 0 Å². The van der Waals surface area contributed by atoms with Crippen molar-refractivity contribution >= 4 is 11.8 Å². The number of rotatable bonds is 4. The number of primary amides is 1. The van der Waals surface area contributed by atoms with Crippen molar-refractivity contribution in [1.29, 1.82) is 0 Å². The van der Waals surface area contributed by atoms with E-state index in [9.17, 15) is 9.59 Å². The highest BCUT2D eigenvalue weighted by atomic mass is 16.3. The molecule has 1 atom stereocenters. The van der Waals surface area contributed by atoms with Crippen molar-refractivity contribution in [1.82, 2.24) is 4.90 Å². The number of aryl methyl sites for hydroxylation is 1. The van der Waals surface area contributed by atoms with E-state index in [1.54, 1.807) is 24.3 Å². The highest BCUT2D eigenvalue weighted by Crippen LogP contribution is 2.34. The molecule has 0 saturated carbocycles. The molecule has 5 nitrogen and oxygen atoms in total. The number of furan rings is 1. The van der Waals surface area contributed by atoms with Gasteiger partial charge in [-0.2, -0.15) is 0 Å². The SMILES string of the molecule is CCc1ccc([C@@H]2CCCN2C(=O)c2ccc(C(N)=O)cc2)o1. The Hall–Kier alpha value is -2.56. The summed E-state index contributed by atoms with van der Waals surface area (Å²) in [5, 5.41) is 0. The fourth-order valence-electron chi connectivity index (χ4n) is 3.01. The van der Waals surface area contributed by atoms with E-state index < -0.39 is 5.91 Å². The van der Waals surface area contributed by atoms with Crippen LogP contribution in [0.25, 0.3) is 0 Å². The summed E-state index contributed by atoms with van der Waals surface area (Å²) in [6.45, 7) is 2.75. The number of benzene rings is 1. The molecule has 1 aliphatic rings. The van der Waals surface area contributed by atoms with E-state index in [0.717, 1.165) is 30.8 Å². The summed E-state index contributed by atoms with van der Waals surface area (Å²) < 4.78 is 5.83. The van der Waals surface area contributed by atoms with Gasteiger partial charge in [0.1, 0.15) is 11.5 Å². The largest absolute Gasteiger partial charge is 0.464 e. The molecule has 1 aliphatic heterocycles. The third kappa shape index (κ3) is 2.99. The van der Waals surface area contributed by atoms with Gasteiger partial charge in [0, 0.05) is 24.1 Å². The number of nitrogens with zero attached hydrogens (tertiary/aromatic N) is 1. The lowest BCUT2D eigenvalue weighted by Gasteiger charge is -2.23. The van der Waals surface area contributed by atoms with E-state index in [1.807, 2.05) is 24.0 Å². The van der Waals surface area contributed by atoms with Gasteiger partial charge in [-0.05, 0) is 49.2 Å². The third-order valence-electron chi connectivity index (χ3n) is 4.29. The molecule has 0 unspecified atom stereocenters. The van der Waals surface area contributed by atoms with Gasteiger partial charge in [-0.15, -0.1) is 0 Å². The van der Waals surface area contributed by atoms with Gasteiger partial charge in [0.25, 0.3) is 5.91 Å². The Morgan fingerprint density at radius 1 is 1.17 bits per heavy atom. The molecule has 5 heteroatoms. The number of likely N-dealkylation sites (tertiary alicyclic amines) is 1. The molecule has 0 spiro atoms. The molecule has 2 aromatic rings. The van der Waals surface area contributed by atoms with Gasteiger partial charge >= 0.3 is 0 Å². The zero-order valence-corrected chi connectivity index (χ0v) is 13.1. The van der Waals surface area contributed by atoms with Crippen molar-refractivity contribution in [2.24, 2.45) is 5.73 Å². The first-order chi connectivity index (χ1) is 11.1. The smallest absolute Gasteiger partial charge is 0.254 e. The minimum atomic E-state index is -0.495. The van der Waals surface area contributed by atoms with Crippen LogP contribution in [-0.4, -0.2) is 23.3 Å². The highest BCUT2D eigenvalue weighted by molar-refractivity contribution is 5.97. The van der Waals surface area contributed by atoms with Gasteiger partial charge in [-0.25, -0.2) is 0 Å². The van der Waals surface area contributed by atoms with Crippen LogP contribution in [0.1, 0.15) is 58.0 Å². The summed E-state index contributed by atoms with van der Waals surface area (Å²) in [6, 6.07) is 10.4. The van der Waals surface area contributed by atoms with E-state index in [4.69, 9.17) is 10.2 Å². The monoisotopic (exact) mass is 312 g/mol.